The second-order valence-electron chi connectivity index (χ2n) is 4.84. The van der Waals surface area contributed by atoms with Crippen molar-refractivity contribution in [3.05, 3.63) is 35.4 Å². The maximum absolute atomic E-state index is 10.6. The van der Waals surface area contributed by atoms with Gasteiger partial charge in [-0.3, -0.25) is 0 Å². The van der Waals surface area contributed by atoms with Gasteiger partial charge in [0, 0.05) is 18.2 Å². The van der Waals surface area contributed by atoms with Gasteiger partial charge < -0.3 is 14.7 Å². The van der Waals surface area contributed by atoms with Crippen LogP contribution in [0, 0.1) is 0 Å². The van der Waals surface area contributed by atoms with E-state index in [9.17, 15) is 4.79 Å². The molecule has 0 bridgehead atoms. The SMILES string of the molecule is CCCCN(C)Cc1ccc(OC)c(C=CC(=O)O)c1. The van der Waals surface area contributed by atoms with E-state index in [1.165, 1.54) is 12.8 Å². The van der Waals surface area contributed by atoms with Crippen molar-refractivity contribution in [2.75, 3.05) is 20.7 Å². The summed E-state index contributed by atoms with van der Waals surface area (Å²) in [4.78, 5) is 12.9. The van der Waals surface area contributed by atoms with Crippen LogP contribution < -0.4 is 4.74 Å². The highest BCUT2D eigenvalue weighted by Crippen LogP contribution is 2.22. The molecular weight excluding hydrogens is 254 g/mol. The zero-order chi connectivity index (χ0) is 15.0. The Bertz CT molecular complexity index is 469. The van der Waals surface area contributed by atoms with E-state index in [-0.39, 0.29) is 0 Å². The van der Waals surface area contributed by atoms with E-state index >= 15 is 0 Å². The average molecular weight is 277 g/mol. The average Bonchev–Trinajstić information content (AvgIpc) is 2.43. The standard InChI is InChI=1S/C16H23NO3/c1-4-5-10-17(2)12-13-6-8-15(20-3)14(11-13)7-9-16(18)19/h6-9,11H,4-5,10,12H2,1-3H3,(H,18,19). The molecule has 0 fully saturated rings. The van der Waals surface area contributed by atoms with Crippen molar-refractivity contribution in [3.8, 4) is 5.75 Å². The first-order valence-corrected chi connectivity index (χ1v) is 6.83. The zero-order valence-corrected chi connectivity index (χ0v) is 12.4. The van der Waals surface area contributed by atoms with Gasteiger partial charge in [-0.25, -0.2) is 4.79 Å². The van der Waals surface area contributed by atoms with Gasteiger partial charge >= 0.3 is 5.97 Å². The fourth-order valence-electron chi connectivity index (χ4n) is 1.99. The van der Waals surface area contributed by atoms with Crippen LogP contribution in [0.1, 0.15) is 30.9 Å². The number of aliphatic carboxylic acids is 1. The molecule has 1 aromatic rings. The quantitative estimate of drug-likeness (QED) is 0.742. The third-order valence-corrected chi connectivity index (χ3v) is 3.05. The predicted molar refractivity (Wildman–Crippen MR) is 80.9 cm³/mol. The molecule has 0 radical (unpaired) electrons. The van der Waals surface area contributed by atoms with Crippen molar-refractivity contribution in [3.63, 3.8) is 0 Å². The van der Waals surface area contributed by atoms with E-state index in [0.717, 1.165) is 30.3 Å². The molecule has 4 heteroatoms. The van der Waals surface area contributed by atoms with Gasteiger partial charge in [0.25, 0.3) is 0 Å². The Morgan fingerprint density at radius 2 is 2.20 bits per heavy atom. The van der Waals surface area contributed by atoms with Crippen LogP contribution in [-0.4, -0.2) is 36.7 Å². The molecular formula is C16H23NO3. The molecule has 0 aliphatic carbocycles. The lowest BCUT2D eigenvalue weighted by molar-refractivity contribution is -0.131. The largest absolute Gasteiger partial charge is 0.496 e. The number of carboxylic acid groups (broad SMARTS) is 1. The Balaban J connectivity index is 2.83. The fraction of sp³-hybridized carbons (Fsp3) is 0.438. The minimum atomic E-state index is -0.961. The number of benzene rings is 1. The van der Waals surface area contributed by atoms with Crippen molar-refractivity contribution < 1.29 is 14.6 Å². The summed E-state index contributed by atoms with van der Waals surface area (Å²) in [6.07, 6.45) is 5.05. The van der Waals surface area contributed by atoms with Gasteiger partial charge in [0.05, 0.1) is 7.11 Å². The van der Waals surface area contributed by atoms with Crippen LogP contribution in [0.5, 0.6) is 5.75 Å². The fourth-order valence-corrected chi connectivity index (χ4v) is 1.99. The molecule has 4 nitrogen and oxygen atoms in total. The highest BCUT2D eigenvalue weighted by molar-refractivity contribution is 5.85. The van der Waals surface area contributed by atoms with E-state index in [1.54, 1.807) is 13.2 Å². The first-order chi connectivity index (χ1) is 9.56. The van der Waals surface area contributed by atoms with Crippen molar-refractivity contribution in [1.29, 1.82) is 0 Å². The lowest BCUT2D eigenvalue weighted by Crippen LogP contribution is -2.18. The summed E-state index contributed by atoms with van der Waals surface area (Å²) in [6, 6.07) is 5.87. The topological polar surface area (TPSA) is 49.8 Å². The van der Waals surface area contributed by atoms with Crippen LogP contribution in [0.2, 0.25) is 0 Å². The Labute approximate surface area is 120 Å². The van der Waals surface area contributed by atoms with Gasteiger partial charge in [-0.15, -0.1) is 0 Å². The Morgan fingerprint density at radius 3 is 2.80 bits per heavy atom. The molecule has 1 N–H and O–H groups in total. The number of nitrogens with zero attached hydrogens (tertiary/aromatic N) is 1. The van der Waals surface area contributed by atoms with E-state index in [0.29, 0.717) is 5.75 Å². The summed E-state index contributed by atoms with van der Waals surface area (Å²) in [7, 11) is 3.67. The molecule has 1 aromatic carbocycles. The summed E-state index contributed by atoms with van der Waals surface area (Å²) in [5.41, 5.74) is 1.94. The molecule has 0 unspecified atom stereocenters. The van der Waals surface area contributed by atoms with E-state index in [4.69, 9.17) is 9.84 Å². The van der Waals surface area contributed by atoms with Crippen LogP contribution in [0.4, 0.5) is 0 Å². The highest BCUT2D eigenvalue weighted by atomic mass is 16.5. The minimum Gasteiger partial charge on any atom is -0.496 e. The van der Waals surface area contributed by atoms with Gasteiger partial charge in [-0.2, -0.15) is 0 Å². The molecule has 0 aliphatic rings. The van der Waals surface area contributed by atoms with Crippen molar-refractivity contribution in [2.45, 2.75) is 26.3 Å². The number of hydrogen-bond donors (Lipinski definition) is 1. The summed E-state index contributed by atoms with van der Waals surface area (Å²) in [5, 5.41) is 8.71. The van der Waals surface area contributed by atoms with Crippen molar-refractivity contribution in [2.24, 2.45) is 0 Å². The monoisotopic (exact) mass is 277 g/mol. The second-order valence-corrected chi connectivity index (χ2v) is 4.84. The minimum absolute atomic E-state index is 0.683. The van der Waals surface area contributed by atoms with Gasteiger partial charge in [0.2, 0.25) is 0 Å². The summed E-state index contributed by atoms with van der Waals surface area (Å²) >= 11 is 0. The predicted octanol–water partition coefficient (Wildman–Crippen LogP) is 3.02. The lowest BCUT2D eigenvalue weighted by atomic mass is 10.1. The lowest BCUT2D eigenvalue weighted by Gasteiger charge is -2.17. The number of ether oxygens (including phenoxy) is 1. The Kier molecular flexibility index (Phi) is 6.81. The van der Waals surface area contributed by atoms with Crippen LogP contribution in [0.25, 0.3) is 6.08 Å². The number of hydrogen-bond acceptors (Lipinski definition) is 3. The van der Waals surface area contributed by atoms with Gasteiger partial charge in [-0.1, -0.05) is 19.4 Å². The zero-order valence-electron chi connectivity index (χ0n) is 12.4. The second kappa shape index (κ2) is 8.38. The van der Waals surface area contributed by atoms with Gasteiger partial charge in [-0.05, 0) is 43.8 Å². The van der Waals surface area contributed by atoms with Crippen LogP contribution in [-0.2, 0) is 11.3 Å². The maximum Gasteiger partial charge on any atom is 0.328 e. The Morgan fingerprint density at radius 1 is 1.45 bits per heavy atom. The molecule has 1 rings (SSSR count). The van der Waals surface area contributed by atoms with E-state index < -0.39 is 5.97 Å². The Hall–Kier alpha value is -1.81. The molecule has 20 heavy (non-hydrogen) atoms. The maximum atomic E-state index is 10.6. The third-order valence-electron chi connectivity index (χ3n) is 3.05. The van der Waals surface area contributed by atoms with Crippen molar-refractivity contribution >= 4 is 12.0 Å². The molecule has 0 saturated heterocycles. The normalized spacial score (nSPS) is 11.2. The number of unbranched alkanes of at least 4 members (excludes halogenated alkanes) is 1. The van der Waals surface area contributed by atoms with Crippen LogP contribution in [0.15, 0.2) is 24.3 Å². The number of carboxylic acids is 1. The van der Waals surface area contributed by atoms with E-state index in [2.05, 4.69) is 18.9 Å². The third kappa shape index (κ3) is 5.45. The van der Waals surface area contributed by atoms with Crippen LogP contribution >= 0.6 is 0 Å². The molecule has 0 saturated carbocycles. The highest BCUT2D eigenvalue weighted by Gasteiger charge is 2.05. The summed E-state index contributed by atoms with van der Waals surface area (Å²) in [6.45, 7) is 4.08. The summed E-state index contributed by atoms with van der Waals surface area (Å²) in [5.74, 6) is -0.278. The first kappa shape index (κ1) is 16.2. The van der Waals surface area contributed by atoms with E-state index in [1.807, 2.05) is 18.2 Å². The van der Waals surface area contributed by atoms with Crippen LogP contribution in [0.3, 0.4) is 0 Å². The van der Waals surface area contributed by atoms with Gasteiger partial charge in [0.15, 0.2) is 0 Å². The molecule has 0 heterocycles. The summed E-state index contributed by atoms with van der Waals surface area (Å²) < 4.78 is 5.24. The molecule has 0 atom stereocenters. The molecule has 0 amide bonds. The number of carbonyl (C=O) groups is 1. The number of methoxy groups -OCH3 is 1. The van der Waals surface area contributed by atoms with Gasteiger partial charge in [0.1, 0.15) is 5.75 Å². The first-order valence-electron chi connectivity index (χ1n) is 6.83. The molecule has 0 spiro atoms. The molecule has 0 aromatic heterocycles. The number of rotatable bonds is 8. The smallest absolute Gasteiger partial charge is 0.328 e. The molecule has 110 valence electrons. The molecule has 0 aliphatic heterocycles. The van der Waals surface area contributed by atoms with Crippen molar-refractivity contribution in [1.82, 2.24) is 4.90 Å².